The van der Waals surface area contributed by atoms with Crippen LogP contribution in [0.25, 0.3) is 0 Å². The third-order valence-electron chi connectivity index (χ3n) is 3.89. The fourth-order valence-electron chi connectivity index (χ4n) is 2.65. The highest BCUT2D eigenvalue weighted by Gasteiger charge is 2.30. The molecule has 1 aromatic carbocycles. The highest BCUT2D eigenvalue weighted by molar-refractivity contribution is 5.97. The van der Waals surface area contributed by atoms with Gasteiger partial charge in [0.15, 0.2) is 0 Å². The normalized spacial score (nSPS) is 16.8. The Hall–Kier alpha value is -2.83. The van der Waals surface area contributed by atoms with E-state index in [-0.39, 0.29) is 12.0 Å². The quantitative estimate of drug-likeness (QED) is 0.832. The molecule has 2 heterocycles. The summed E-state index contributed by atoms with van der Waals surface area (Å²) in [5.74, 6) is 1.05. The highest BCUT2D eigenvalue weighted by atomic mass is 16.5. The van der Waals surface area contributed by atoms with Crippen molar-refractivity contribution in [2.75, 3.05) is 27.3 Å². The largest absolute Gasteiger partial charge is 0.497 e. The minimum atomic E-state index is -0.111. The van der Waals surface area contributed by atoms with Gasteiger partial charge in [0.1, 0.15) is 17.6 Å². The number of benzene rings is 1. The number of hydrogen-bond acceptors (Lipinski definition) is 6. The van der Waals surface area contributed by atoms with E-state index < -0.39 is 0 Å². The van der Waals surface area contributed by atoms with Gasteiger partial charge in [-0.25, -0.2) is 9.97 Å². The van der Waals surface area contributed by atoms with Gasteiger partial charge < -0.3 is 19.1 Å². The van der Waals surface area contributed by atoms with Crippen LogP contribution in [-0.4, -0.2) is 54.2 Å². The van der Waals surface area contributed by atoms with Gasteiger partial charge in [-0.2, -0.15) is 0 Å². The lowest BCUT2D eigenvalue weighted by Crippen LogP contribution is -2.31. The zero-order valence-corrected chi connectivity index (χ0v) is 13.6. The van der Waals surface area contributed by atoms with E-state index in [0.29, 0.717) is 36.2 Å². The third kappa shape index (κ3) is 3.40. The molecule has 0 aliphatic carbocycles. The van der Waals surface area contributed by atoms with Gasteiger partial charge in [-0.1, -0.05) is 0 Å². The number of aromatic nitrogens is 2. The second-order valence-electron chi connectivity index (χ2n) is 5.38. The number of likely N-dealkylation sites (tertiary alicyclic amines) is 1. The molecule has 0 saturated carbocycles. The molecule has 1 fully saturated rings. The van der Waals surface area contributed by atoms with Crippen molar-refractivity contribution in [3.05, 3.63) is 42.2 Å². The van der Waals surface area contributed by atoms with Gasteiger partial charge in [0.25, 0.3) is 5.91 Å². The molecule has 7 heteroatoms. The van der Waals surface area contributed by atoms with Crippen molar-refractivity contribution >= 4 is 5.91 Å². The number of nitrogens with zero attached hydrogens (tertiary/aromatic N) is 3. The van der Waals surface area contributed by atoms with Crippen LogP contribution in [0.1, 0.15) is 16.8 Å². The van der Waals surface area contributed by atoms with Gasteiger partial charge in [0.2, 0.25) is 0 Å². The smallest absolute Gasteiger partial charge is 0.316 e. The summed E-state index contributed by atoms with van der Waals surface area (Å²) in [5.41, 5.74) is 0.509. The summed E-state index contributed by atoms with van der Waals surface area (Å²) in [6.07, 6.45) is 3.88. The predicted octanol–water partition coefficient (Wildman–Crippen LogP) is 1.79. The number of hydrogen-bond donors (Lipinski definition) is 0. The van der Waals surface area contributed by atoms with Gasteiger partial charge in [-0.05, 0) is 18.2 Å². The van der Waals surface area contributed by atoms with E-state index in [1.807, 2.05) is 0 Å². The lowest BCUT2D eigenvalue weighted by Gasteiger charge is -2.18. The zero-order chi connectivity index (χ0) is 16.9. The summed E-state index contributed by atoms with van der Waals surface area (Å²) in [6, 6.07) is 7.23. The lowest BCUT2D eigenvalue weighted by atomic mass is 10.1. The minimum absolute atomic E-state index is 0.0883. The van der Waals surface area contributed by atoms with E-state index in [9.17, 15) is 4.79 Å². The predicted molar refractivity (Wildman–Crippen MR) is 86.5 cm³/mol. The lowest BCUT2D eigenvalue weighted by molar-refractivity contribution is 0.0766. The topological polar surface area (TPSA) is 73.8 Å². The number of amides is 1. The zero-order valence-electron chi connectivity index (χ0n) is 13.6. The van der Waals surface area contributed by atoms with Crippen LogP contribution in [0.3, 0.4) is 0 Å². The molecular formula is C17H19N3O4. The van der Waals surface area contributed by atoms with Crippen molar-refractivity contribution in [3.63, 3.8) is 0 Å². The van der Waals surface area contributed by atoms with Gasteiger partial charge in [-0.3, -0.25) is 4.79 Å². The Labute approximate surface area is 140 Å². The van der Waals surface area contributed by atoms with Gasteiger partial charge in [-0.15, -0.1) is 0 Å². The molecule has 3 rings (SSSR count). The molecule has 1 atom stereocenters. The first-order valence-electron chi connectivity index (χ1n) is 7.66. The molecule has 1 aliphatic heterocycles. The molecule has 0 N–H and O–H groups in total. The average molecular weight is 329 g/mol. The van der Waals surface area contributed by atoms with Crippen LogP contribution in [0.5, 0.6) is 17.5 Å². The van der Waals surface area contributed by atoms with Crippen LogP contribution in [0.4, 0.5) is 0 Å². The Morgan fingerprint density at radius 3 is 2.71 bits per heavy atom. The Bertz CT molecular complexity index is 708. The van der Waals surface area contributed by atoms with Crippen molar-refractivity contribution in [1.82, 2.24) is 14.9 Å². The molecule has 7 nitrogen and oxygen atoms in total. The summed E-state index contributed by atoms with van der Waals surface area (Å²) >= 11 is 0. The maximum atomic E-state index is 12.7. The van der Waals surface area contributed by atoms with Gasteiger partial charge in [0.05, 0.1) is 26.3 Å². The average Bonchev–Trinajstić information content (AvgIpc) is 3.09. The molecule has 1 saturated heterocycles. The fraction of sp³-hybridized carbons (Fsp3) is 0.353. The van der Waals surface area contributed by atoms with E-state index in [1.54, 1.807) is 48.7 Å². The highest BCUT2D eigenvalue weighted by Crippen LogP contribution is 2.27. The van der Waals surface area contributed by atoms with Crippen molar-refractivity contribution in [3.8, 4) is 17.5 Å². The Balaban J connectivity index is 1.68. The van der Waals surface area contributed by atoms with Crippen LogP contribution in [0, 0.1) is 0 Å². The molecule has 0 bridgehead atoms. The van der Waals surface area contributed by atoms with Crippen molar-refractivity contribution in [2.24, 2.45) is 0 Å². The van der Waals surface area contributed by atoms with E-state index in [2.05, 4.69) is 9.97 Å². The molecule has 24 heavy (non-hydrogen) atoms. The summed E-state index contributed by atoms with van der Waals surface area (Å²) in [4.78, 5) is 22.6. The number of carbonyl (C=O) groups excluding carboxylic acids is 1. The number of rotatable bonds is 5. The fourth-order valence-corrected chi connectivity index (χ4v) is 2.65. The molecule has 1 aromatic heterocycles. The maximum absolute atomic E-state index is 12.7. The summed E-state index contributed by atoms with van der Waals surface area (Å²) < 4.78 is 16.2. The molecule has 126 valence electrons. The SMILES string of the molecule is COc1ccc(C(=O)N2CCC(Oc3ncccn3)C2)c(OC)c1. The second kappa shape index (κ2) is 7.16. The van der Waals surface area contributed by atoms with Crippen molar-refractivity contribution in [2.45, 2.75) is 12.5 Å². The Kier molecular flexibility index (Phi) is 4.79. The summed E-state index contributed by atoms with van der Waals surface area (Å²) in [7, 11) is 3.11. The van der Waals surface area contributed by atoms with E-state index in [0.717, 1.165) is 6.42 Å². The van der Waals surface area contributed by atoms with Crippen molar-refractivity contribution < 1.29 is 19.0 Å². The first-order valence-corrected chi connectivity index (χ1v) is 7.66. The van der Waals surface area contributed by atoms with Crippen LogP contribution < -0.4 is 14.2 Å². The first kappa shape index (κ1) is 16.0. The van der Waals surface area contributed by atoms with Gasteiger partial charge in [0, 0.05) is 31.4 Å². The molecule has 1 aliphatic rings. The van der Waals surface area contributed by atoms with E-state index >= 15 is 0 Å². The molecule has 1 unspecified atom stereocenters. The number of carbonyl (C=O) groups is 1. The van der Waals surface area contributed by atoms with E-state index in [4.69, 9.17) is 14.2 Å². The monoisotopic (exact) mass is 329 g/mol. The maximum Gasteiger partial charge on any atom is 0.316 e. The molecule has 2 aromatic rings. The molecule has 0 spiro atoms. The second-order valence-corrected chi connectivity index (χ2v) is 5.38. The van der Waals surface area contributed by atoms with Crippen LogP contribution in [0.15, 0.2) is 36.7 Å². The number of ether oxygens (including phenoxy) is 3. The van der Waals surface area contributed by atoms with Crippen molar-refractivity contribution in [1.29, 1.82) is 0 Å². The Morgan fingerprint density at radius 2 is 2.00 bits per heavy atom. The van der Waals surface area contributed by atoms with Crippen LogP contribution >= 0.6 is 0 Å². The summed E-state index contributed by atoms with van der Waals surface area (Å²) in [6.45, 7) is 1.11. The van der Waals surface area contributed by atoms with E-state index in [1.165, 1.54) is 7.11 Å². The van der Waals surface area contributed by atoms with Gasteiger partial charge >= 0.3 is 6.01 Å². The third-order valence-corrected chi connectivity index (χ3v) is 3.89. The number of methoxy groups -OCH3 is 2. The van der Waals surface area contributed by atoms with Crippen LogP contribution in [0.2, 0.25) is 0 Å². The first-order chi connectivity index (χ1) is 11.7. The molecule has 1 amide bonds. The Morgan fingerprint density at radius 1 is 1.21 bits per heavy atom. The standard InChI is InChI=1S/C17H19N3O4/c1-22-12-4-5-14(15(10-12)23-2)16(21)20-9-6-13(11-20)24-17-18-7-3-8-19-17/h3-5,7-8,10,13H,6,9,11H2,1-2H3. The van der Waals surface area contributed by atoms with Crippen LogP contribution in [-0.2, 0) is 0 Å². The summed E-state index contributed by atoms with van der Waals surface area (Å²) in [5, 5.41) is 0. The minimum Gasteiger partial charge on any atom is -0.497 e. The molecular weight excluding hydrogens is 310 g/mol. The molecule has 0 radical (unpaired) electrons.